The topological polar surface area (TPSA) is 84.4 Å². The van der Waals surface area contributed by atoms with Gasteiger partial charge in [-0.2, -0.15) is 0 Å². The molecule has 40 heavy (non-hydrogen) atoms. The minimum Gasteiger partial charge on any atom is -0.489 e. The molecule has 11 heteroatoms. The van der Waals surface area contributed by atoms with Gasteiger partial charge in [-0.05, 0) is 65.8 Å². The smallest absolute Gasteiger partial charge is 0.410 e. The van der Waals surface area contributed by atoms with Crippen molar-refractivity contribution in [2.24, 2.45) is 0 Å². The van der Waals surface area contributed by atoms with E-state index in [1.807, 2.05) is 27.8 Å². The van der Waals surface area contributed by atoms with Crippen LogP contribution in [-0.2, 0) is 4.74 Å². The van der Waals surface area contributed by atoms with Crippen LogP contribution in [0.1, 0.15) is 49.5 Å². The number of piperazine rings is 1. The zero-order valence-electron chi connectivity index (χ0n) is 23.6. The lowest BCUT2D eigenvalue weighted by atomic mass is 10.0. The first kappa shape index (κ1) is 28.4. The Balaban J connectivity index is 1.54. The van der Waals surface area contributed by atoms with Gasteiger partial charge < -0.3 is 28.9 Å². The van der Waals surface area contributed by atoms with Crippen molar-refractivity contribution in [1.82, 2.24) is 19.7 Å². The van der Waals surface area contributed by atoms with Gasteiger partial charge in [0.25, 0.3) is 5.91 Å². The number of benzene rings is 1. The van der Waals surface area contributed by atoms with E-state index >= 15 is 4.39 Å². The first-order valence-corrected chi connectivity index (χ1v) is 14.1. The second kappa shape index (κ2) is 11.0. The number of hydrogen-bond donors (Lipinski definition) is 0. The summed E-state index contributed by atoms with van der Waals surface area (Å²) in [6, 6.07) is 4.30. The zero-order chi connectivity index (χ0) is 28.8. The molecule has 2 aromatic rings. The van der Waals surface area contributed by atoms with Crippen molar-refractivity contribution in [2.45, 2.75) is 58.3 Å². The number of amides is 2. The number of halogens is 2. The highest BCUT2D eigenvalue weighted by molar-refractivity contribution is 6.35. The third kappa shape index (κ3) is 5.69. The minimum atomic E-state index is -0.639. The maximum Gasteiger partial charge on any atom is 0.410 e. The van der Waals surface area contributed by atoms with Crippen LogP contribution in [0, 0.1) is 12.7 Å². The highest BCUT2D eigenvalue weighted by Gasteiger charge is 2.42. The molecule has 2 saturated heterocycles. The quantitative estimate of drug-likeness (QED) is 0.522. The molecular weight excluding hydrogens is 539 g/mol. The fourth-order valence-corrected chi connectivity index (χ4v) is 5.77. The van der Waals surface area contributed by atoms with Gasteiger partial charge in [-0.15, -0.1) is 0 Å². The Morgan fingerprint density at radius 3 is 2.65 bits per heavy atom. The first-order valence-electron chi connectivity index (χ1n) is 13.7. The summed E-state index contributed by atoms with van der Waals surface area (Å²) in [7, 11) is 2.02. The standard InChI is InChI=1S/C29H36ClFN4O5/c1-17-8-6-10-20(31)21(17)24-23(30)25-22(26(32-24)39-19-9-7-11-33(5)15-19)27(36)35-13-12-34(14-18(35)16-38-25)28(37)40-29(2,3)4/h6,8,10,18-19H,7,9,11-16H2,1-5H3/t18-,19?/m1/s1. The number of aromatic nitrogens is 1. The number of carbonyl (C=O) groups is 2. The van der Waals surface area contributed by atoms with Gasteiger partial charge in [0.1, 0.15) is 34.7 Å². The summed E-state index contributed by atoms with van der Waals surface area (Å²) in [4.78, 5) is 37.0. The fraction of sp³-hybridized carbons (Fsp3) is 0.552. The number of likely N-dealkylation sites (tertiary alicyclic amines) is 1. The molecule has 5 rings (SSSR count). The van der Waals surface area contributed by atoms with Crippen molar-refractivity contribution < 1.29 is 28.2 Å². The zero-order valence-corrected chi connectivity index (χ0v) is 24.4. The second-order valence-electron chi connectivity index (χ2n) is 11.7. The molecule has 9 nitrogen and oxygen atoms in total. The Labute approximate surface area is 239 Å². The fourth-order valence-electron chi connectivity index (χ4n) is 5.48. The number of likely N-dealkylation sites (N-methyl/N-ethyl adjacent to an activating group) is 1. The average Bonchev–Trinajstić information content (AvgIpc) is 3.02. The molecule has 2 atom stereocenters. The van der Waals surface area contributed by atoms with Gasteiger partial charge in [-0.3, -0.25) is 4.79 Å². The molecule has 3 aliphatic heterocycles. The molecule has 1 aromatic heterocycles. The highest BCUT2D eigenvalue weighted by atomic mass is 35.5. The summed E-state index contributed by atoms with van der Waals surface area (Å²) in [6.45, 7) is 9.74. The number of aryl methyl sites for hydroxylation is 1. The lowest BCUT2D eigenvalue weighted by Gasteiger charge is -2.40. The van der Waals surface area contributed by atoms with Crippen molar-refractivity contribution >= 4 is 23.6 Å². The third-order valence-corrected chi connectivity index (χ3v) is 7.76. The van der Waals surface area contributed by atoms with E-state index in [9.17, 15) is 9.59 Å². The van der Waals surface area contributed by atoms with Crippen molar-refractivity contribution in [3.05, 3.63) is 40.2 Å². The number of carbonyl (C=O) groups excluding carboxylic acids is 2. The monoisotopic (exact) mass is 574 g/mol. The Morgan fingerprint density at radius 1 is 1.18 bits per heavy atom. The summed E-state index contributed by atoms with van der Waals surface area (Å²) in [6.07, 6.45) is 1.09. The summed E-state index contributed by atoms with van der Waals surface area (Å²) in [5, 5.41) is 0.0495. The molecule has 0 radical (unpaired) electrons. The molecule has 3 aliphatic rings. The van der Waals surface area contributed by atoms with E-state index in [1.165, 1.54) is 6.07 Å². The molecule has 0 bridgehead atoms. The van der Waals surface area contributed by atoms with Crippen LogP contribution in [0.25, 0.3) is 11.3 Å². The number of rotatable bonds is 3. The van der Waals surface area contributed by atoms with Crippen molar-refractivity contribution in [1.29, 1.82) is 0 Å². The summed E-state index contributed by atoms with van der Waals surface area (Å²) in [5.41, 5.74) is 0.528. The molecule has 4 heterocycles. The lowest BCUT2D eigenvalue weighted by Crippen LogP contribution is -2.58. The Kier molecular flexibility index (Phi) is 7.85. The van der Waals surface area contributed by atoms with Gasteiger partial charge in [-0.1, -0.05) is 23.7 Å². The molecule has 216 valence electrons. The lowest BCUT2D eigenvalue weighted by molar-refractivity contribution is 0.000852. The van der Waals surface area contributed by atoms with E-state index in [2.05, 4.69) is 9.88 Å². The van der Waals surface area contributed by atoms with Crippen LogP contribution in [0.4, 0.5) is 9.18 Å². The van der Waals surface area contributed by atoms with Gasteiger partial charge in [0, 0.05) is 31.7 Å². The second-order valence-corrected chi connectivity index (χ2v) is 12.1. The van der Waals surface area contributed by atoms with Crippen LogP contribution in [0.15, 0.2) is 18.2 Å². The molecular formula is C29H36ClFN4O5. The summed E-state index contributed by atoms with van der Waals surface area (Å²) < 4.78 is 33.3. The average molecular weight is 575 g/mol. The molecule has 2 fully saturated rings. The molecule has 0 N–H and O–H groups in total. The van der Waals surface area contributed by atoms with E-state index in [4.69, 9.17) is 25.8 Å². The third-order valence-electron chi connectivity index (χ3n) is 7.41. The Bertz CT molecular complexity index is 1300. The normalized spacial score (nSPS) is 21.7. The van der Waals surface area contributed by atoms with Crippen LogP contribution in [0.5, 0.6) is 11.6 Å². The number of pyridine rings is 1. The van der Waals surface area contributed by atoms with E-state index in [0.29, 0.717) is 18.7 Å². The SMILES string of the molecule is Cc1cccc(F)c1-c1nc(OC2CCCN(C)C2)c2c(c1Cl)OC[C@H]1CN(C(=O)OC(C)(C)C)CCN1C2=O. The van der Waals surface area contributed by atoms with Crippen LogP contribution >= 0.6 is 11.6 Å². The predicted octanol–water partition coefficient (Wildman–Crippen LogP) is 4.78. The van der Waals surface area contributed by atoms with Crippen LogP contribution < -0.4 is 9.47 Å². The highest BCUT2D eigenvalue weighted by Crippen LogP contribution is 2.45. The van der Waals surface area contributed by atoms with Crippen LogP contribution in [0.3, 0.4) is 0 Å². The summed E-state index contributed by atoms with van der Waals surface area (Å²) >= 11 is 6.86. The van der Waals surface area contributed by atoms with Gasteiger partial charge in [0.05, 0.1) is 11.7 Å². The molecule has 0 aliphatic carbocycles. The van der Waals surface area contributed by atoms with Crippen molar-refractivity contribution in [3.8, 4) is 22.9 Å². The predicted molar refractivity (Wildman–Crippen MR) is 149 cm³/mol. The van der Waals surface area contributed by atoms with Crippen molar-refractivity contribution in [2.75, 3.05) is 46.4 Å². The molecule has 0 spiro atoms. The summed E-state index contributed by atoms with van der Waals surface area (Å²) in [5.74, 6) is -0.621. The maximum absolute atomic E-state index is 15.1. The van der Waals surface area contributed by atoms with Gasteiger partial charge in [-0.25, -0.2) is 14.2 Å². The van der Waals surface area contributed by atoms with Gasteiger partial charge >= 0.3 is 6.09 Å². The molecule has 2 amide bonds. The maximum atomic E-state index is 15.1. The van der Waals surface area contributed by atoms with E-state index in [-0.39, 0.29) is 65.2 Å². The molecule has 0 saturated carbocycles. The van der Waals surface area contributed by atoms with Gasteiger partial charge in [0.15, 0.2) is 5.75 Å². The number of nitrogens with zero attached hydrogens (tertiary/aromatic N) is 4. The van der Waals surface area contributed by atoms with Gasteiger partial charge in [0.2, 0.25) is 5.88 Å². The van der Waals surface area contributed by atoms with E-state index < -0.39 is 23.6 Å². The molecule has 1 aromatic carbocycles. The number of piperidine rings is 1. The largest absolute Gasteiger partial charge is 0.489 e. The number of ether oxygens (including phenoxy) is 3. The van der Waals surface area contributed by atoms with Crippen LogP contribution in [0.2, 0.25) is 5.02 Å². The Morgan fingerprint density at radius 2 is 1.95 bits per heavy atom. The minimum absolute atomic E-state index is 0.0495. The Hall–Kier alpha value is -3.11. The van der Waals surface area contributed by atoms with E-state index in [0.717, 1.165) is 19.4 Å². The molecule has 1 unspecified atom stereocenters. The number of fused-ring (bicyclic) bond motifs is 2. The number of hydrogen-bond acceptors (Lipinski definition) is 7. The van der Waals surface area contributed by atoms with Crippen molar-refractivity contribution in [3.63, 3.8) is 0 Å². The van der Waals surface area contributed by atoms with Crippen LogP contribution in [-0.4, -0.2) is 95.8 Å². The van der Waals surface area contributed by atoms with E-state index in [1.54, 1.807) is 28.9 Å². The first-order chi connectivity index (χ1) is 18.9.